The van der Waals surface area contributed by atoms with E-state index in [1.165, 1.54) is 61.2 Å². The summed E-state index contributed by atoms with van der Waals surface area (Å²) in [5, 5.41) is 1.22. The van der Waals surface area contributed by atoms with Gasteiger partial charge in [-0.1, -0.05) is 19.1 Å². The number of nitrogens with zero attached hydrogens (tertiary/aromatic N) is 2. The average molecular weight is 481 g/mol. The number of H-pyrrole nitrogens is 1. The van der Waals surface area contributed by atoms with Crippen molar-refractivity contribution in [2.24, 2.45) is 0 Å². The van der Waals surface area contributed by atoms with Crippen LogP contribution in [0.2, 0.25) is 0 Å². The van der Waals surface area contributed by atoms with E-state index in [0.29, 0.717) is 0 Å². The quantitative estimate of drug-likeness (QED) is 0.259. The molecule has 189 valence electrons. The maximum absolute atomic E-state index is 3.62. The number of aryl methyl sites for hydroxylation is 4. The average Bonchev–Trinajstić information content (AvgIpc) is 3.24. The molecule has 3 nitrogen and oxygen atoms in total. The number of benzene rings is 3. The van der Waals surface area contributed by atoms with E-state index in [-0.39, 0.29) is 0 Å². The van der Waals surface area contributed by atoms with Crippen molar-refractivity contribution < 1.29 is 0 Å². The molecule has 4 aromatic rings. The zero-order chi connectivity index (χ0) is 26.0. The SMILES string of the molecule is CCc1c(-c2ccc(N(CC)CC)cc2C)c(-c2ccc(N(CC)CC)cc2C)cc2[nH]c(C)[c]c12. The van der Waals surface area contributed by atoms with Gasteiger partial charge in [0.15, 0.2) is 0 Å². The van der Waals surface area contributed by atoms with Gasteiger partial charge in [0.2, 0.25) is 0 Å². The number of hydrogen-bond acceptors (Lipinski definition) is 2. The molecule has 1 heterocycles. The predicted octanol–water partition coefficient (Wildman–Crippen LogP) is 8.48. The van der Waals surface area contributed by atoms with Crippen molar-refractivity contribution in [1.29, 1.82) is 0 Å². The number of anilines is 2. The molecule has 3 heteroatoms. The molecule has 0 aliphatic heterocycles. The first-order valence-electron chi connectivity index (χ1n) is 13.7. The van der Waals surface area contributed by atoms with Gasteiger partial charge in [0, 0.05) is 60.2 Å². The minimum atomic E-state index is 0.960. The molecule has 36 heavy (non-hydrogen) atoms. The van der Waals surface area contributed by atoms with Gasteiger partial charge in [0.25, 0.3) is 0 Å². The molecule has 0 aliphatic carbocycles. The van der Waals surface area contributed by atoms with Crippen LogP contribution in [-0.4, -0.2) is 31.2 Å². The lowest BCUT2D eigenvalue weighted by molar-refractivity contribution is 0.865. The van der Waals surface area contributed by atoms with Crippen LogP contribution in [0, 0.1) is 26.8 Å². The first-order chi connectivity index (χ1) is 17.4. The van der Waals surface area contributed by atoms with Crippen LogP contribution in [0.1, 0.15) is 57.0 Å². The van der Waals surface area contributed by atoms with Crippen LogP contribution in [0.5, 0.6) is 0 Å². The predicted molar refractivity (Wildman–Crippen MR) is 159 cm³/mol. The van der Waals surface area contributed by atoms with Gasteiger partial charge in [-0.3, -0.25) is 0 Å². The zero-order valence-electron chi connectivity index (χ0n) is 23.5. The molecule has 0 saturated heterocycles. The molecule has 0 saturated carbocycles. The molecule has 4 rings (SSSR count). The molecule has 0 atom stereocenters. The Hall–Kier alpha value is -3.20. The molecular formula is C33H42N3. The van der Waals surface area contributed by atoms with Crippen molar-refractivity contribution >= 4 is 22.3 Å². The summed E-state index contributed by atoms with van der Waals surface area (Å²) in [6.07, 6.45) is 0.960. The van der Waals surface area contributed by atoms with Crippen LogP contribution in [-0.2, 0) is 6.42 Å². The van der Waals surface area contributed by atoms with E-state index in [4.69, 9.17) is 0 Å². The third kappa shape index (κ3) is 4.64. The highest BCUT2D eigenvalue weighted by Gasteiger charge is 2.20. The maximum Gasteiger partial charge on any atom is 0.0471 e. The summed E-state index contributed by atoms with van der Waals surface area (Å²) in [5.74, 6) is 0. The number of nitrogens with one attached hydrogen (secondary N) is 1. The second-order valence-corrected chi connectivity index (χ2v) is 9.77. The van der Waals surface area contributed by atoms with Gasteiger partial charge in [0.1, 0.15) is 0 Å². The zero-order valence-corrected chi connectivity index (χ0v) is 23.5. The van der Waals surface area contributed by atoms with Gasteiger partial charge in [-0.25, -0.2) is 0 Å². The fourth-order valence-corrected chi connectivity index (χ4v) is 5.72. The molecule has 0 unspecified atom stereocenters. The summed E-state index contributed by atoms with van der Waals surface area (Å²) in [4.78, 5) is 8.40. The minimum Gasteiger partial charge on any atom is -0.372 e. The summed E-state index contributed by atoms with van der Waals surface area (Å²) < 4.78 is 0. The highest BCUT2D eigenvalue weighted by Crippen LogP contribution is 2.43. The van der Waals surface area contributed by atoms with E-state index in [0.717, 1.165) is 38.3 Å². The second-order valence-electron chi connectivity index (χ2n) is 9.77. The van der Waals surface area contributed by atoms with Crippen LogP contribution in [0.3, 0.4) is 0 Å². The Labute approximate surface area is 218 Å². The van der Waals surface area contributed by atoms with Crippen molar-refractivity contribution in [1.82, 2.24) is 4.98 Å². The Morgan fingerprint density at radius 2 is 1.19 bits per heavy atom. The molecule has 1 radical (unpaired) electrons. The molecule has 0 bridgehead atoms. The van der Waals surface area contributed by atoms with Gasteiger partial charge in [-0.2, -0.15) is 0 Å². The van der Waals surface area contributed by atoms with E-state index in [9.17, 15) is 0 Å². The lowest BCUT2D eigenvalue weighted by Crippen LogP contribution is -2.21. The standard InChI is InChI=1S/C33H42N3/c1-9-27-30-20-24(8)34-32(30)21-31(28-16-14-25(18-22(28)6)35(10-2)11-3)33(27)29-17-15-26(19-23(29)7)36(12-4)13-5/h14-19,21,34H,9-13H2,1-8H3. The number of aromatic nitrogens is 1. The maximum atomic E-state index is 3.62. The lowest BCUT2D eigenvalue weighted by atomic mass is 9.84. The number of hydrogen-bond donors (Lipinski definition) is 1. The summed E-state index contributed by atoms with van der Waals surface area (Å²) in [6, 6.07) is 19.9. The largest absolute Gasteiger partial charge is 0.372 e. The van der Waals surface area contributed by atoms with Crippen LogP contribution >= 0.6 is 0 Å². The Morgan fingerprint density at radius 1 is 0.667 bits per heavy atom. The van der Waals surface area contributed by atoms with Gasteiger partial charge < -0.3 is 14.8 Å². The fraction of sp³-hybridized carbons (Fsp3) is 0.394. The van der Waals surface area contributed by atoms with Crippen LogP contribution < -0.4 is 9.80 Å². The molecule has 1 aromatic heterocycles. The molecule has 0 fully saturated rings. The third-order valence-corrected chi connectivity index (χ3v) is 7.66. The fourth-order valence-electron chi connectivity index (χ4n) is 5.72. The van der Waals surface area contributed by atoms with Crippen molar-refractivity contribution in [3.63, 3.8) is 0 Å². The number of aromatic amines is 1. The molecule has 3 aromatic carbocycles. The molecule has 0 aliphatic rings. The molecular weight excluding hydrogens is 438 g/mol. The van der Waals surface area contributed by atoms with Crippen LogP contribution in [0.25, 0.3) is 33.2 Å². The normalized spacial score (nSPS) is 11.3. The van der Waals surface area contributed by atoms with Crippen molar-refractivity contribution in [3.05, 3.63) is 70.9 Å². The van der Waals surface area contributed by atoms with Crippen LogP contribution in [0.15, 0.2) is 42.5 Å². The highest BCUT2D eigenvalue weighted by atomic mass is 15.1. The van der Waals surface area contributed by atoms with E-state index in [1.807, 2.05) is 0 Å². The monoisotopic (exact) mass is 480 g/mol. The van der Waals surface area contributed by atoms with Crippen molar-refractivity contribution in [2.45, 2.75) is 61.8 Å². The smallest absolute Gasteiger partial charge is 0.0471 e. The minimum absolute atomic E-state index is 0.960. The van der Waals surface area contributed by atoms with E-state index >= 15 is 0 Å². The first-order valence-corrected chi connectivity index (χ1v) is 13.7. The van der Waals surface area contributed by atoms with Crippen molar-refractivity contribution in [3.8, 4) is 22.3 Å². The van der Waals surface area contributed by atoms with Gasteiger partial charge >= 0.3 is 0 Å². The molecule has 0 amide bonds. The molecule has 0 spiro atoms. The Bertz CT molecular complexity index is 1350. The topological polar surface area (TPSA) is 22.3 Å². The summed E-state index contributed by atoms with van der Waals surface area (Å²) in [5.41, 5.74) is 14.1. The Balaban J connectivity index is 2.00. The van der Waals surface area contributed by atoms with Gasteiger partial charge in [-0.15, -0.1) is 0 Å². The van der Waals surface area contributed by atoms with Crippen molar-refractivity contribution in [2.75, 3.05) is 36.0 Å². The number of rotatable bonds is 9. The van der Waals surface area contributed by atoms with E-state index in [2.05, 4.69) is 119 Å². The van der Waals surface area contributed by atoms with Gasteiger partial charge in [-0.05, 0) is 124 Å². The highest BCUT2D eigenvalue weighted by molar-refractivity contribution is 6.00. The summed E-state index contributed by atoms with van der Waals surface area (Å²) in [7, 11) is 0. The van der Waals surface area contributed by atoms with Gasteiger partial charge in [0.05, 0.1) is 0 Å². The second kappa shape index (κ2) is 10.8. The van der Waals surface area contributed by atoms with Crippen LogP contribution in [0.4, 0.5) is 11.4 Å². The number of fused-ring (bicyclic) bond motifs is 1. The summed E-state index contributed by atoms with van der Waals surface area (Å²) >= 11 is 0. The van der Waals surface area contributed by atoms with E-state index in [1.54, 1.807) is 0 Å². The Morgan fingerprint density at radius 3 is 1.67 bits per heavy atom. The third-order valence-electron chi connectivity index (χ3n) is 7.66. The van der Waals surface area contributed by atoms with E-state index < -0.39 is 0 Å². The molecule has 1 N–H and O–H groups in total. The lowest BCUT2D eigenvalue weighted by Gasteiger charge is -2.25. The first kappa shape index (κ1) is 25.9. The summed E-state index contributed by atoms with van der Waals surface area (Å²) in [6.45, 7) is 21.9. The Kier molecular flexibility index (Phi) is 7.78.